The van der Waals surface area contributed by atoms with E-state index in [2.05, 4.69) is 55.3 Å². The van der Waals surface area contributed by atoms with Crippen molar-refractivity contribution in [3.8, 4) is 0 Å². The van der Waals surface area contributed by atoms with Crippen molar-refractivity contribution in [1.29, 1.82) is 0 Å². The first kappa shape index (κ1) is 15.7. The summed E-state index contributed by atoms with van der Waals surface area (Å²) in [5.74, 6) is 0. The molecule has 21 heavy (non-hydrogen) atoms. The van der Waals surface area contributed by atoms with Crippen LogP contribution in [0.3, 0.4) is 0 Å². The molecule has 0 amide bonds. The number of aryl methyl sites for hydroxylation is 1. The number of rotatable bonds is 6. The zero-order chi connectivity index (χ0) is 15.2. The van der Waals surface area contributed by atoms with Gasteiger partial charge < -0.3 is 10.2 Å². The predicted molar refractivity (Wildman–Crippen MR) is 93.5 cm³/mol. The topological polar surface area (TPSA) is 15.3 Å². The third-order valence-electron chi connectivity index (χ3n) is 3.74. The van der Waals surface area contributed by atoms with Crippen molar-refractivity contribution >= 4 is 23.0 Å². The molecule has 0 radical (unpaired) electrons. The monoisotopic (exact) mass is 302 g/mol. The van der Waals surface area contributed by atoms with Gasteiger partial charge in [0.25, 0.3) is 0 Å². The Kier molecular flexibility index (Phi) is 5.51. The van der Waals surface area contributed by atoms with Crippen molar-refractivity contribution < 1.29 is 0 Å². The van der Waals surface area contributed by atoms with Gasteiger partial charge in [0.15, 0.2) is 0 Å². The normalized spacial score (nSPS) is 10.5. The highest BCUT2D eigenvalue weighted by Gasteiger charge is 2.02. The van der Waals surface area contributed by atoms with Crippen LogP contribution in [0.2, 0.25) is 5.02 Å². The minimum absolute atomic E-state index is 0.779. The number of hydrogen-bond donors (Lipinski definition) is 1. The molecule has 0 bridgehead atoms. The van der Waals surface area contributed by atoms with Crippen molar-refractivity contribution in [2.45, 2.75) is 27.3 Å². The highest BCUT2D eigenvalue weighted by atomic mass is 35.5. The van der Waals surface area contributed by atoms with Crippen LogP contribution >= 0.6 is 11.6 Å². The molecule has 0 saturated heterocycles. The van der Waals surface area contributed by atoms with E-state index in [1.807, 2.05) is 18.2 Å². The van der Waals surface area contributed by atoms with Crippen LogP contribution in [-0.2, 0) is 6.54 Å². The van der Waals surface area contributed by atoms with Crippen molar-refractivity contribution in [3.05, 3.63) is 58.6 Å². The molecule has 2 aromatic rings. The first-order valence-electron chi connectivity index (χ1n) is 7.48. The molecule has 0 aliphatic rings. The summed E-state index contributed by atoms with van der Waals surface area (Å²) < 4.78 is 0. The molecule has 0 heterocycles. The molecule has 2 nitrogen and oxygen atoms in total. The average Bonchev–Trinajstić information content (AvgIpc) is 2.49. The summed E-state index contributed by atoms with van der Waals surface area (Å²) >= 11 is 5.98. The number of halogens is 1. The Morgan fingerprint density at radius 3 is 2.24 bits per heavy atom. The zero-order valence-electron chi connectivity index (χ0n) is 13.0. The summed E-state index contributed by atoms with van der Waals surface area (Å²) in [6.45, 7) is 9.33. The van der Waals surface area contributed by atoms with Crippen LogP contribution < -0.4 is 10.2 Å². The number of anilines is 2. The van der Waals surface area contributed by atoms with Crippen LogP contribution in [0.1, 0.15) is 25.0 Å². The lowest BCUT2D eigenvalue weighted by molar-refractivity contribution is 0.865. The molecule has 2 aromatic carbocycles. The van der Waals surface area contributed by atoms with Crippen LogP contribution in [0.5, 0.6) is 0 Å². The second-order valence-corrected chi connectivity index (χ2v) is 5.59. The van der Waals surface area contributed by atoms with Gasteiger partial charge in [-0.3, -0.25) is 0 Å². The van der Waals surface area contributed by atoms with E-state index in [1.54, 1.807) is 0 Å². The minimum atomic E-state index is 0.779. The quantitative estimate of drug-likeness (QED) is 0.798. The number of nitrogens with zero attached hydrogens (tertiary/aromatic N) is 1. The fourth-order valence-electron chi connectivity index (χ4n) is 2.44. The fourth-order valence-corrected chi connectivity index (χ4v) is 2.66. The van der Waals surface area contributed by atoms with E-state index in [0.717, 1.165) is 30.3 Å². The molecule has 0 unspecified atom stereocenters. The zero-order valence-corrected chi connectivity index (χ0v) is 13.7. The smallest absolute Gasteiger partial charge is 0.0410 e. The summed E-state index contributed by atoms with van der Waals surface area (Å²) in [7, 11) is 0. The number of nitrogens with one attached hydrogen (secondary N) is 1. The van der Waals surface area contributed by atoms with Gasteiger partial charge in [-0.25, -0.2) is 0 Å². The summed E-state index contributed by atoms with van der Waals surface area (Å²) in [4.78, 5) is 2.35. The van der Waals surface area contributed by atoms with E-state index in [9.17, 15) is 0 Å². The maximum Gasteiger partial charge on any atom is 0.0410 e. The molecule has 112 valence electrons. The molecule has 2 rings (SSSR count). The second-order valence-electron chi connectivity index (χ2n) is 5.15. The van der Waals surface area contributed by atoms with E-state index in [-0.39, 0.29) is 0 Å². The molecular weight excluding hydrogens is 280 g/mol. The summed E-state index contributed by atoms with van der Waals surface area (Å²) in [5, 5.41) is 4.24. The molecule has 1 N–H and O–H groups in total. The maximum absolute atomic E-state index is 5.98. The maximum atomic E-state index is 5.98. The van der Waals surface area contributed by atoms with Gasteiger partial charge in [0.05, 0.1) is 0 Å². The summed E-state index contributed by atoms with van der Waals surface area (Å²) in [6, 6.07) is 14.7. The Morgan fingerprint density at radius 1 is 1.00 bits per heavy atom. The Morgan fingerprint density at radius 2 is 1.67 bits per heavy atom. The van der Waals surface area contributed by atoms with Crippen molar-refractivity contribution in [1.82, 2.24) is 0 Å². The first-order valence-corrected chi connectivity index (χ1v) is 7.85. The molecule has 0 aromatic heterocycles. The Balaban J connectivity index is 2.00. The minimum Gasteiger partial charge on any atom is -0.381 e. The Bertz CT molecular complexity index is 574. The van der Waals surface area contributed by atoms with E-state index in [4.69, 9.17) is 11.6 Å². The lowest BCUT2D eigenvalue weighted by Crippen LogP contribution is -2.21. The van der Waals surface area contributed by atoms with Gasteiger partial charge in [0, 0.05) is 36.0 Å². The van der Waals surface area contributed by atoms with Crippen LogP contribution in [0.4, 0.5) is 11.4 Å². The number of hydrogen-bond acceptors (Lipinski definition) is 2. The van der Waals surface area contributed by atoms with Crippen molar-refractivity contribution in [2.75, 3.05) is 23.3 Å². The van der Waals surface area contributed by atoms with Gasteiger partial charge >= 0.3 is 0 Å². The lowest BCUT2D eigenvalue weighted by atomic mass is 10.1. The predicted octanol–water partition coefficient (Wildman–Crippen LogP) is 5.11. The van der Waals surface area contributed by atoms with E-state index in [1.165, 1.54) is 16.8 Å². The van der Waals surface area contributed by atoms with Gasteiger partial charge in [-0.2, -0.15) is 0 Å². The molecule has 3 heteroatoms. The van der Waals surface area contributed by atoms with Crippen LogP contribution in [0.25, 0.3) is 0 Å². The van der Waals surface area contributed by atoms with Gasteiger partial charge in [-0.15, -0.1) is 0 Å². The average molecular weight is 303 g/mol. The van der Waals surface area contributed by atoms with Crippen molar-refractivity contribution in [2.24, 2.45) is 0 Å². The molecule has 0 spiro atoms. The fraction of sp³-hybridized carbons (Fsp3) is 0.333. The molecule has 0 fully saturated rings. The van der Waals surface area contributed by atoms with Crippen LogP contribution in [-0.4, -0.2) is 13.1 Å². The molecule has 0 aliphatic heterocycles. The van der Waals surface area contributed by atoms with E-state index < -0.39 is 0 Å². The van der Waals surface area contributed by atoms with Crippen molar-refractivity contribution in [3.63, 3.8) is 0 Å². The lowest BCUT2D eigenvalue weighted by Gasteiger charge is -2.21. The summed E-state index contributed by atoms with van der Waals surface area (Å²) in [5.41, 5.74) is 4.86. The molecule has 0 saturated carbocycles. The van der Waals surface area contributed by atoms with E-state index >= 15 is 0 Å². The van der Waals surface area contributed by atoms with Crippen LogP contribution in [0, 0.1) is 6.92 Å². The van der Waals surface area contributed by atoms with E-state index in [0.29, 0.717) is 0 Å². The third-order valence-corrected chi connectivity index (χ3v) is 3.97. The molecular formula is C18H23ClN2. The third kappa shape index (κ3) is 4.15. The SMILES string of the molecule is CCN(CC)c1ccc(CNc2ccc(Cl)cc2C)cc1. The molecule has 0 aliphatic carbocycles. The summed E-state index contributed by atoms with van der Waals surface area (Å²) in [6.07, 6.45) is 0. The Hall–Kier alpha value is -1.67. The highest BCUT2D eigenvalue weighted by Crippen LogP contribution is 2.21. The first-order chi connectivity index (χ1) is 10.1. The van der Waals surface area contributed by atoms with Gasteiger partial charge in [-0.1, -0.05) is 23.7 Å². The van der Waals surface area contributed by atoms with Gasteiger partial charge in [-0.05, 0) is 62.2 Å². The van der Waals surface area contributed by atoms with Crippen LogP contribution in [0.15, 0.2) is 42.5 Å². The van der Waals surface area contributed by atoms with Gasteiger partial charge in [0.2, 0.25) is 0 Å². The number of benzene rings is 2. The largest absolute Gasteiger partial charge is 0.381 e. The standard InChI is InChI=1S/C18H23ClN2/c1-4-21(5-2)17-9-6-15(7-10-17)13-20-18-11-8-16(19)12-14(18)3/h6-12,20H,4-5,13H2,1-3H3. The van der Waals surface area contributed by atoms with Gasteiger partial charge in [0.1, 0.15) is 0 Å². The molecule has 0 atom stereocenters. The second kappa shape index (κ2) is 7.37. The highest BCUT2D eigenvalue weighted by molar-refractivity contribution is 6.30. The Labute approximate surface area is 132 Å².